The molecular formula is C13H24N2O3. The zero-order valence-corrected chi connectivity index (χ0v) is 11.7. The van der Waals surface area contributed by atoms with Gasteiger partial charge in [0, 0.05) is 12.1 Å². The van der Waals surface area contributed by atoms with Crippen molar-refractivity contribution in [1.29, 1.82) is 0 Å². The van der Waals surface area contributed by atoms with Crippen LogP contribution < -0.4 is 5.32 Å². The lowest BCUT2D eigenvalue weighted by molar-refractivity contribution is -0.160. The van der Waals surface area contributed by atoms with Gasteiger partial charge in [0.15, 0.2) is 0 Å². The summed E-state index contributed by atoms with van der Waals surface area (Å²) in [7, 11) is 0. The van der Waals surface area contributed by atoms with E-state index in [4.69, 9.17) is 0 Å². The van der Waals surface area contributed by atoms with Gasteiger partial charge in [-0.2, -0.15) is 0 Å². The maximum absolute atomic E-state index is 12.2. The third kappa shape index (κ3) is 3.45. The van der Waals surface area contributed by atoms with E-state index in [1.165, 1.54) is 4.90 Å². The van der Waals surface area contributed by atoms with Crippen molar-refractivity contribution in [2.24, 2.45) is 0 Å². The number of amides is 1. The van der Waals surface area contributed by atoms with Crippen LogP contribution in [0.1, 0.15) is 47.0 Å². The van der Waals surface area contributed by atoms with Gasteiger partial charge < -0.3 is 15.3 Å². The average molecular weight is 256 g/mol. The first-order chi connectivity index (χ1) is 8.17. The highest BCUT2D eigenvalue weighted by molar-refractivity contribution is 5.87. The van der Waals surface area contributed by atoms with Crippen LogP contribution in [0.15, 0.2) is 0 Å². The zero-order valence-electron chi connectivity index (χ0n) is 11.7. The van der Waals surface area contributed by atoms with Crippen LogP contribution in [0.3, 0.4) is 0 Å². The van der Waals surface area contributed by atoms with Crippen LogP contribution in [0, 0.1) is 0 Å². The summed E-state index contributed by atoms with van der Waals surface area (Å²) in [6.45, 7) is 8.30. The summed E-state index contributed by atoms with van der Waals surface area (Å²) in [5.74, 6) is -1.04. The molecule has 1 unspecified atom stereocenters. The van der Waals surface area contributed by atoms with Gasteiger partial charge in [0.1, 0.15) is 5.54 Å². The molecule has 0 aromatic rings. The molecule has 18 heavy (non-hydrogen) atoms. The fourth-order valence-electron chi connectivity index (χ4n) is 2.18. The van der Waals surface area contributed by atoms with E-state index < -0.39 is 11.5 Å². The second kappa shape index (κ2) is 5.26. The molecule has 1 heterocycles. The Morgan fingerprint density at radius 3 is 2.44 bits per heavy atom. The summed E-state index contributed by atoms with van der Waals surface area (Å²) >= 11 is 0. The van der Waals surface area contributed by atoms with Crippen molar-refractivity contribution < 1.29 is 14.7 Å². The van der Waals surface area contributed by atoms with Crippen molar-refractivity contribution in [3.63, 3.8) is 0 Å². The molecule has 0 spiro atoms. The van der Waals surface area contributed by atoms with Crippen molar-refractivity contribution in [3.8, 4) is 0 Å². The molecule has 0 bridgehead atoms. The molecule has 1 atom stereocenters. The number of hydrogen-bond donors (Lipinski definition) is 2. The Kier molecular flexibility index (Phi) is 4.37. The van der Waals surface area contributed by atoms with Crippen molar-refractivity contribution in [2.75, 3.05) is 13.1 Å². The molecule has 1 amide bonds. The topological polar surface area (TPSA) is 69.6 Å². The zero-order chi connectivity index (χ0) is 14.0. The minimum absolute atomic E-state index is 0.130. The van der Waals surface area contributed by atoms with Crippen LogP contribution in [-0.4, -0.2) is 46.1 Å². The Morgan fingerprint density at radius 2 is 1.94 bits per heavy atom. The van der Waals surface area contributed by atoms with E-state index in [-0.39, 0.29) is 18.0 Å². The summed E-state index contributed by atoms with van der Waals surface area (Å²) < 4.78 is 0. The quantitative estimate of drug-likeness (QED) is 0.797. The third-order valence-corrected chi connectivity index (χ3v) is 3.42. The molecule has 0 radical (unpaired) electrons. The Labute approximate surface area is 109 Å². The normalized spacial score (nSPS) is 25.0. The average Bonchev–Trinajstić information content (AvgIpc) is 2.25. The number of nitrogens with zero attached hydrogens (tertiary/aromatic N) is 1. The lowest BCUT2D eigenvalue weighted by atomic mass is 9.88. The lowest BCUT2D eigenvalue weighted by Gasteiger charge is -2.42. The highest BCUT2D eigenvalue weighted by atomic mass is 16.4. The molecule has 5 heteroatoms. The van der Waals surface area contributed by atoms with Crippen molar-refractivity contribution in [3.05, 3.63) is 0 Å². The molecule has 0 saturated carbocycles. The minimum atomic E-state index is -1.05. The summed E-state index contributed by atoms with van der Waals surface area (Å²) in [5, 5.41) is 12.4. The van der Waals surface area contributed by atoms with Gasteiger partial charge in [-0.15, -0.1) is 0 Å². The van der Waals surface area contributed by atoms with Gasteiger partial charge in [-0.1, -0.05) is 0 Å². The number of nitrogens with one attached hydrogen (secondary N) is 1. The number of hydrogen-bond acceptors (Lipinski definition) is 3. The summed E-state index contributed by atoms with van der Waals surface area (Å²) in [4.78, 5) is 25.1. The molecule has 5 nitrogen and oxygen atoms in total. The van der Waals surface area contributed by atoms with Crippen LogP contribution in [0.2, 0.25) is 0 Å². The lowest BCUT2D eigenvalue weighted by Crippen LogP contribution is -2.59. The number of carboxylic acids is 1. The van der Waals surface area contributed by atoms with E-state index in [0.717, 1.165) is 12.8 Å². The van der Waals surface area contributed by atoms with Gasteiger partial charge >= 0.3 is 5.97 Å². The van der Waals surface area contributed by atoms with Crippen molar-refractivity contribution in [1.82, 2.24) is 10.2 Å². The Hall–Kier alpha value is -1.10. The fourth-order valence-corrected chi connectivity index (χ4v) is 2.18. The van der Waals surface area contributed by atoms with E-state index in [0.29, 0.717) is 13.0 Å². The highest BCUT2D eigenvalue weighted by Gasteiger charge is 2.43. The second-order valence-corrected chi connectivity index (χ2v) is 6.19. The molecule has 1 rings (SSSR count). The van der Waals surface area contributed by atoms with Gasteiger partial charge in [0.2, 0.25) is 5.91 Å². The number of carbonyl (C=O) groups is 2. The predicted molar refractivity (Wildman–Crippen MR) is 69.4 cm³/mol. The van der Waals surface area contributed by atoms with Crippen LogP contribution in [-0.2, 0) is 9.59 Å². The molecule has 1 fully saturated rings. The fraction of sp³-hybridized carbons (Fsp3) is 0.846. The van der Waals surface area contributed by atoms with Gasteiger partial charge in [0.25, 0.3) is 0 Å². The largest absolute Gasteiger partial charge is 0.480 e. The number of carbonyl (C=O) groups excluding carboxylic acids is 1. The van der Waals surface area contributed by atoms with Gasteiger partial charge in [0.05, 0.1) is 6.54 Å². The third-order valence-electron chi connectivity index (χ3n) is 3.42. The van der Waals surface area contributed by atoms with E-state index >= 15 is 0 Å². The Morgan fingerprint density at radius 1 is 1.33 bits per heavy atom. The van der Waals surface area contributed by atoms with Crippen LogP contribution in [0.25, 0.3) is 0 Å². The van der Waals surface area contributed by atoms with Gasteiger partial charge in [-0.25, -0.2) is 4.79 Å². The Bertz CT molecular complexity index is 336. The molecule has 0 aliphatic carbocycles. The number of carboxylic acid groups (broad SMARTS) is 1. The number of likely N-dealkylation sites (tertiary alicyclic amines) is 1. The molecule has 1 saturated heterocycles. The molecule has 104 valence electrons. The monoisotopic (exact) mass is 256 g/mol. The molecule has 1 aliphatic rings. The summed E-state index contributed by atoms with van der Waals surface area (Å²) in [6.07, 6.45) is 2.27. The number of rotatable bonds is 3. The van der Waals surface area contributed by atoms with E-state index in [1.54, 1.807) is 6.92 Å². The number of aliphatic carboxylic acids is 1. The standard InChI is InChI=1S/C13H24N2O3/c1-12(2,3)14-9-10(16)15-8-6-5-7-13(15,4)11(17)18/h14H,5-9H2,1-4H3,(H,17,18). The van der Waals surface area contributed by atoms with Crippen LogP contribution in [0.5, 0.6) is 0 Å². The summed E-state index contributed by atoms with van der Waals surface area (Å²) in [6, 6.07) is 0. The molecule has 1 aliphatic heterocycles. The Balaban J connectivity index is 2.72. The van der Waals surface area contributed by atoms with E-state index in [1.807, 2.05) is 20.8 Å². The van der Waals surface area contributed by atoms with Gasteiger partial charge in [-0.3, -0.25) is 4.79 Å². The summed E-state index contributed by atoms with van der Waals surface area (Å²) in [5.41, 5.74) is -1.19. The number of piperidine rings is 1. The first kappa shape index (κ1) is 15.0. The first-order valence-electron chi connectivity index (χ1n) is 6.46. The van der Waals surface area contributed by atoms with E-state index in [9.17, 15) is 14.7 Å². The second-order valence-electron chi connectivity index (χ2n) is 6.19. The molecule has 0 aromatic heterocycles. The molecular weight excluding hydrogens is 232 g/mol. The van der Waals surface area contributed by atoms with Gasteiger partial charge in [-0.05, 0) is 47.0 Å². The SMILES string of the molecule is CC(C)(C)NCC(=O)N1CCCCC1(C)C(=O)O. The van der Waals surface area contributed by atoms with Crippen LogP contribution in [0.4, 0.5) is 0 Å². The molecule has 2 N–H and O–H groups in total. The van der Waals surface area contributed by atoms with Crippen molar-refractivity contribution in [2.45, 2.75) is 58.0 Å². The molecule has 0 aromatic carbocycles. The highest BCUT2D eigenvalue weighted by Crippen LogP contribution is 2.28. The van der Waals surface area contributed by atoms with Crippen LogP contribution >= 0.6 is 0 Å². The van der Waals surface area contributed by atoms with Crippen molar-refractivity contribution >= 4 is 11.9 Å². The smallest absolute Gasteiger partial charge is 0.329 e. The first-order valence-corrected chi connectivity index (χ1v) is 6.46. The maximum Gasteiger partial charge on any atom is 0.329 e. The maximum atomic E-state index is 12.2. The minimum Gasteiger partial charge on any atom is -0.480 e. The predicted octanol–water partition coefficient (Wildman–Crippen LogP) is 1.23. The van der Waals surface area contributed by atoms with E-state index in [2.05, 4.69) is 5.32 Å².